The quantitative estimate of drug-likeness (QED) is 0.731. The van der Waals surface area contributed by atoms with Crippen molar-refractivity contribution in [2.24, 2.45) is 5.92 Å². The monoisotopic (exact) mass is 365 g/mol. The highest BCUT2D eigenvalue weighted by molar-refractivity contribution is 5.96. The molecule has 6 heteroatoms. The molecule has 0 spiro atoms. The maximum absolute atomic E-state index is 12.5. The van der Waals surface area contributed by atoms with E-state index in [2.05, 4.69) is 23.9 Å². The second kappa shape index (κ2) is 8.25. The minimum Gasteiger partial charge on any atom is -0.404 e. The van der Waals surface area contributed by atoms with Gasteiger partial charge in [-0.1, -0.05) is 50.2 Å². The van der Waals surface area contributed by atoms with Gasteiger partial charge < -0.3 is 10.1 Å². The van der Waals surface area contributed by atoms with Crippen molar-refractivity contribution in [3.8, 4) is 5.75 Å². The predicted octanol–water partition coefficient (Wildman–Crippen LogP) is 5.53. The molecule has 0 heterocycles. The number of alkyl halides is 3. The molecule has 1 N–H and O–H groups in total. The molecule has 0 aromatic heterocycles. The molecule has 26 heavy (non-hydrogen) atoms. The SMILES string of the molecule is CC(C)Cc1ccc([C@H](C)C(=O)Nc2ccccc2OC(F)(F)F)cc1. The van der Waals surface area contributed by atoms with Gasteiger partial charge in [0.2, 0.25) is 5.91 Å². The Morgan fingerprint density at radius 1 is 1.04 bits per heavy atom. The average Bonchev–Trinajstić information content (AvgIpc) is 2.55. The zero-order valence-electron chi connectivity index (χ0n) is 14.9. The van der Waals surface area contributed by atoms with Gasteiger partial charge in [-0.3, -0.25) is 4.79 Å². The van der Waals surface area contributed by atoms with E-state index in [4.69, 9.17) is 0 Å². The molecule has 0 fully saturated rings. The lowest BCUT2D eigenvalue weighted by molar-refractivity contribution is -0.274. The number of hydrogen-bond acceptors (Lipinski definition) is 2. The van der Waals surface area contributed by atoms with Gasteiger partial charge in [0.25, 0.3) is 0 Å². The van der Waals surface area contributed by atoms with Gasteiger partial charge >= 0.3 is 6.36 Å². The molecule has 140 valence electrons. The summed E-state index contributed by atoms with van der Waals surface area (Å²) in [5.41, 5.74) is 1.96. The van der Waals surface area contributed by atoms with Crippen LogP contribution in [-0.4, -0.2) is 12.3 Å². The van der Waals surface area contributed by atoms with Crippen molar-refractivity contribution in [1.82, 2.24) is 0 Å². The maximum atomic E-state index is 12.5. The molecule has 0 aliphatic heterocycles. The minimum absolute atomic E-state index is 0.0156. The highest BCUT2D eigenvalue weighted by atomic mass is 19.4. The second-order valence-electron chi connectivity index (χ2n) is 6.59. The van der Waals surface area contributed by atoms with Gasteiger partial charge in [-0.25, -0.2) is 0 Å². The van der Waals surface area contributed by atoms with Crippen LogP contribution in [0.15, 0.2) is 48.5 Å². The highest BCUT2D eigenvalue weighted by Gasteiger charge is 2.32. The third-order valence-corrected chi connectivity index (χ3v) is 3.89. The predicted molar refractivity (Wildman–Crippen MR) is 95.2 cm³/mol. The molecule has 2 aromatic rings. The summed E-state index contributed by atoms with van der Waals surface area (Å²) in [4.78, 5) is 12.4. The molecule has 0 saturated carbocycles. The van der Waals surface area contributed by atoms with Crippen molar-refractivity contribution in [2.75, 3.05) is 5.32 Å². The molecule has 0 bridgehead atoms. The highest BCUT2D eigenvalue weighted by Crippen LogP contribution is 2.31. The van der Waals surface area contributed by atoms with Crippen molar-refractivity contribution < 1.29 is 22.7 Å². The van der Waals surface area contributed by atoms with E-state index >= 15 is 0 Å². The van der Waals surface area contributed by atoms with E-state index in [1.54, 1.807) is 6.92 Å². The summed E-state index contributed by atoms with van der Waals surface area (Å²) in [5.74, 6) is -0.818. The first-order chi connectivity index (χ1) is 12.2. The Labute approximate surface area is 151 Å². The normalized spacial score (nSPS) is 12.7. The number of para-hydroxylation sites is 2. The molecule has 0 saturated heterocycles. The van der Waals surface area contributed by atoms with Crippen molar-refractivity contribution in [1.29, 1.82) is 0 Å². The molecular formula is C20H22F3NO2. The molecule has 0 unspecified atom stereocenters. The Hall–Kier alpha value is -2.50. The number of amides is 1. The van der Waals surface area contributed by atoms with Gasteiger partial charge in [-0.15, -0.1) is 13.2 Å². The lowest BCUT2D eigenvalue weighted by Crippen LogP contribution is -2.22. The summed E-state index contributed by atoms with van der Waals surface area (Å²) in [6.45, 7) is 5.97. The largest absolute Gasteiger partial charge is 0.573 e. The summed E-state index contributed by atoms with van der Waals surface area (Å²) >= 11 is 0. The molecule has 2 rings (SSSR count). The number of benzene rings is 2. The van der Waals surface area contributed by atoms with E-state index < -0.39 is 23.9 Å². The molecule has 1 amide bonds. The molecule has 0 aliphatic rings. The summed E-state index contributed by atoms with van der Waals surface area (Å²) in [6.07, 6.45) is -3.87. The maximum Gasteiger partial charge on any atom is 0.573 e. The number of hydrogen-bond donors (Lipinski definition) is 1. The van der Waals surface area contributed by atoms with Crippen LogP contribution < -0.4 is 10.1 Å². The Balaban J connectivity index is 2.10. The number of anilines is 1. The van der Waals surface area contributed by atoms with Crippen LogP contribution in [0.5, 0.6) is 5.75 Å². The lowest BCUT2D eigenvalue weighted by atomic mass is 9.96. The van der Waals surface area contributed by atoms with Crippen LogP contribution in [0.1, 0.15) is 37.8 Å². The molecule has 0 aliphatic carbocycles. The van der Waals surface area contributed by atoms with Gasteiger partial charge in [-0.2, -0.15) is 0 Å². The number of halogens is 3. The topological polar surface area (TPSA) is 38.3 Å². The second-order valence-corrected chi connectivity index (χ2v) is 6.59. The number of nitrogens with one attached hydrogen (secondary N) is 1. The Bertz CT molecular complexity index is 739. The van der Waals surface area contributed by atoms with Crippen molar-refractivity contribution >= 4 is 11.6 Å². The third kappa shape index (κ3) is 5.79. The Morgan fingerprint density at radius 3 is 2.23 bits per heavy atom. The van der Waals surface area contributed by atoms with Crippen molar-refractivity contribution in [3.63, 3.8) is 0 Å². The first-order valence-corrected chi connectivity index (χ1v) is 8.40. The first kappa shape index (κ1) is 19.8. The van der Waals surface area contributed by atoms with Gasteiger partial charge in [0, 0.05) is 0 Å². The van der Waals surface area contributed by atoms with Gasteiger partial charge in [0.15, 0.2) is 5.75 Å². The van der Waals surface area contributed by atoms with Gasteiger partial charge in [-0.05, 0) is 42.5 Å². The fourth-order valence-corrected chi connectivity index (χ4v) is 2.59. The van der Waals surface area contributed by atoms with Gasteiger partial charge in [0.1, 0.15) is 0 Å². The van der Waals surface area contributed by atoms with E-state index in [1.165, 1.54) is 23.8 Å². The molecule has 2 aromatic carbocycles. The Morgan fingerprint density at radius 2 is 1.65 bits per heavy atom. The lowest BCUT2D eigenvalue weighted by Gasteiger charge is -2.17. The summed E-state index contributed by atoms with van der Waals surface area (Å²) in [5, 5.41) is 2.51. The fourth-order valence-electron chi connectivity index (χ4n) is 2.59. The summed E-state index contributed by atoms with van der Waals surface area (Å²) in [7, 11) is 0. The van der Waals surface area contributed by atoms with E-state index in [1.807, 2.05) is 24.3 Å². The van der Waals surface area contributed by atoms with Crippen LogP contribution in [0.4, 0.5) is 18.9 Å². The number of carbonyl (C=O) groups excluding carboxylic acids is 1. The fraction of sp³-hybridized carbons (Fsp3) is 0.350. The molecular weight excluding hydrogens is 343 g/mol. The van der Waals surface area contributed by atoms with Crippen molar-refractivity contribution in [2.45, 2.75) is 39.5 Å². The molecule has 1 atom stereocenters. The van der Waals surface area contributed by atoms with Crippen LogP contribution in [0, 0.1) is 5.92 Å². The zero-order chi connectivity index (χ0) is 19.3. The van der Waals surface area contributed by atoms with Crippen LogP contribution >= 0.6 is 0 Å². The first-order valence-electron chi connectivity index (χ1n) is 8.40. The number of rotatable bonds is 6. The van der Waals surface area contributed by atoms with Crippen LogP contribution in [-0.2, 0) is 11.2 Å². The van der Waals surface area contributed by atoms with E-state index in [9.17, 15) is 18.0 Å². The molecule has 0 radical (unpaired) electrons. The summed E-state index contributed by atoms with van der Waals surface area (Å²) < 4.78 is 41.4. The van der Waals surface area contributed by atoms with Crippen LogP contribution in [0.3, 0.4) is 0 Å². The van der Waals surface area contributed by atoms with E-state index in [0.29, 0.717) is 5.92 Å². The zero-order valence-corrected chi connectivity index (χ0v) is 14.9. The Kier molecular flexibility index (Phi) is 6.29. The van der Waals surface area contributed by atoms with Gasteiger partial charge in [0.05, 0.1) is 11.6 Å². The average molecular weight is 365 g/mol. The number of carbonyl (C=O) groups is 1. The standard InChI is InChI=1S/C20H22F3NO2/c1-13(2)12-15-8-10-16(11-9-15)14(3)19(25)24-17-6-4-5-7-18(17)26-20(21,22)23/h4-11,13-14H,12H2,1-3H3,(H,24,25)/t14-/m0/s1. The van der Waals surface area contributed by atoms with Crippen LogP contribution in [0.2, 0.25) is 0 Å². The smallest absolute Gasteiger partial charge is 0.404 e. The summed E-state index contributed by atoms with van der Waals surface area (Å²) in [6, 6.07) is 13.2. The van der Waals surface area contributed by atoms with Crippen molar-refractivity contribution in [3.05, 3.63) is 59.7 Å². The van der Waals surface area contributed by atoms with E-state index in [0.717, 1.165) is 18.1 Å². The minimum atomic E-state index is -4.82. The number of ether oxygens (including phenoxy) is 1. The third-order valence-electron chi connectivity index (χ3n) is 3.89. The van der Waals surface area contributed by atoms with Crippen LogP contribution in [0.25, 0.3) is 0 Å². The van der Waals surface area contributed by atoms with E-state index in [-0.39, 0.29) is 5.69 Å². The molecule has 3 nitrogen and oxygen atoms in total.